The summed E-state index contributed by atoms with van der Waals surface area (Å²) >= 11 is 3.63. The van der Waals surface area contributed by atoms with Gasteiger partial charge in [-0.05, 0) is 36.6 Å². The molecule has 0 aliphatic heterocycles. The van der Waals surface area contributed by atoms with Gasteiger partial charge in [-0.3, -0.25) is 4.90 Å². The summed E-state index contributed by atoms with van der Waals surface area (Å²) in [7, 11) is 1.71. The Labute approximate surface area is 124 Å². The Morgan fingerprint density at radius 1 is 1.37 bits per heavy atom. The molecule has 0 heterocycles. The van der Waals surface area contributed by atoms with Crippen LogP contribution in [0.5, 0.6) is 5.75 Å². The summed E-state index contributed by atoms with van der Waals surface area (Å²) in [4.78, 5) is 2.52. The molecule has 0 atom stereocenters. The molecule has 1 saturated carbocycles. The van der Waals surface area contributed by atoms with Crippen LogP contribution in [0.4, 0.5) is 0 Å². The van der Waals surface area contributed by atoms with Crippen LogP contribution in [-0.4, -0.2) is 31.1 Å². The highest BCUT2D eigenvalue weighted by atomic mass is 79.9. The number of nitrogens with two attached hydrogens (primary N) is 1. The van der Waals surface area contributed by atoms with E-state index in [-0.39, 0.29) is 0 Å². The zero-order valence-electron chi connectivity index (χ0n) is 11.6. The fourth-order valence-electron chi connectivity index (χ4n) is 2.84. The Morgan fingerprint density at radius 3 is 2.74 bits per heavy atom. The molecule has 0 spiro atoms. The predicted molar refractivity (Wildman–Crippen MR) is 82.4 cm³/mol. The van der Waals surface area contributed by atoms with Crippen molar-refractivity contribution in [3.05, 3.63) is 28.2 Å². The molecule has 106 valence electrons. The Kier molecular flexibility index (Phi) is 5.67. The van der Waals surface area contributed by atoms with Crippen LogP contribution in [0.3, 0.4) is 0 Å². The van der Waals surface area contributed by atoms with E-state index in [2.05, 4.69) is 33.0 Å². The first-order valence-electron chi connectivity index (χ1n) is 7.01. The van der Waals surface area contributed by atoms with Crippen LogP contribution >= 0.6 is 15.9 Å². The van der Waals surface area contributed by atoms with E-state index in [9.17, 15) is 0 Å². The fourth-order valence-corrected chi connectivity index (χ4v) is 3.22. The zero-order chi connectivity index (χ0) is 13.7. The van der Waals surface area contributed by atoms with Gasteiger partial charge in [0.15, 0.2) is 0 Å². The molecular weight excluding hydrogens is 304 g/mol. The van der Waals surface area contributed by atoms with Crippen molar-refractivity contribution in [2.24, 2.45) is 5.73 Å². The number of rotatable bonds is 6. The van der Waals surface area contributed by atoms with Gasteiger partial charge in [0.2, 0.25) is 0 Å². The van der Waals surface area contributed by atoms with Crippen molar-refractivity contribution in [3.63, 3.8) is 0 Å². The minimum absolute atomic E-state index is 0.696. The van der Waals surface area contributed by atoms with E-state index in [1.54, 1.807) is 7.11 Å². The van der Waals surface area contributed by atoms with Crippen molar-refractivity contribution in [2.45, 2.75) is 38.3 Å². The molecule has 1 aromatic rings. The third-order valence-electron chi connectivity index (χ3n) is 3.88. The lowest BCUT2D eigenvalue weighted by molar-refractivity contribution is 0.195. The molecule has 0 saturated heterocycles. The second-order valence-corrected chi connectivity index (χ2v) is 6.01. The van der Waals surface area contributed by atoms with Crippen LogP contribution in [0.25, 0.3) is 0 Å². The van der Waals surface area contributed by atoms with E-state index in [4.69, 9.17) is 10.5 Å². The zero-order valence-corrected chi connectivity index (χ0v) is 13.2. The molecular formula is C15H23BrN2O. The molecule has 1 aliphatic carbocycles. The van der Waals surface area contributed by atoms with Crippen molar-refractivity contribution in [1.82, 2.24) is 4.90 Å². The molecule has 0 bridgehead atoms. The first kappa shape index (κ1) is 14.8. The van der Waals surface area contributed by atoms with Gasteiger partial charge in [-0.25, -0.2) is 0 Å². The van der Waals surface area contributed by atoms with Gasteiger partial charge in [0.05, 0.1) is 7.11 Å². The van der Waals surface area contributed by atoms with E-state index < -0.39 is 0 Å². The van der Waals surface area contributed by atoms with Gasteiger partial charge >= 0.3 is 0 Å². The molecule has 0 radical (unpaired) electrons. The lowest BCUT2D eigenvalue weighted by Gasteiger charge is -2.28. The third kappa shape index (κ3) is 3.94. The van der Waals surface area contributed by atoms with E-state index in [0.717, 1.165) is 29.9 Å². The third-order valence-corrected chi connectivity index (χ3v) is 4.66. The first-order valence-corrected chi connectivity index (χ1v) is 7.80. The van der Waals surface area contributed by atoms with Gasteiger partial charge in [0.1, 0.15) is 5.75 Å². The van der Waals surface area contributed by atoms with Gasteiger partial charge in [-0.15, -0.1) is 0 Å². The number of methoxy groups -OCH3 is 1. The molecule has 4 heteroatoms. The van der Waals surface area contributed by atoms with E-state index in [0.29, 0.717) is 6.04 Å². The fraction of sp³-hybridized carbons (Fsp3) is 0.600. The molecule has 1 aromatic carbocycles. The highest BCUT2D eigenvalue weighted by molar-refractivity contribution is 9.10. The van der Waals surface area contributed by atoms with Gasteiger partial charge in [-0.1, -0.05) is 28.8 Å². The average Bonchev–Trinajstić information content (AvgIpc) is 2.94. The monoisotopic (exact) mass is 326 g/mol. The summed E-state index contributed by atoms with van der Waals surface area (Å²) < 4.78 is 6.46. The lowest BCUT2D eigenvalue weighted by Crippen LogP contribution is -2.36. The van der Waals surface area contributed by atoms with Gasteiger partial charge in [0, 0.05) is 30.1 Å². The van der Waals surface area contributed by atoms with Crippen LogP contribution in [0.15, 0.2) is 22.7 Å². The molecule has 19 heavy (non-hydrogen) atoms. The Morgan fingerprint density at radius 2 is 2.11 bits per heavy atom. The van der Waals surface area contributed by atoms with Crippen molar-refractivity contribution in [3.8, 4) is 5.75 Å². The first-order chi connectivity index (χ1) is 9.24. The maximum Gasteiger partial charge on any atom is 0.119 e. The minimum atomic E-state index is 0.696. The molecule has 2 rings (SSSR count). The molecule has 2 N–H and O–H groups in total. The maximum atomic E-state index is 5.77. The highest BCUT2D eigenvalue weighted by Gasteiger charge is 2.22. The summed E-state index contributed by atoms with van der Waals surface area (Å²) in [5.74, 6) is 0.914. The van der Waals surface area contributed by atoms with Crippen molar-refractivity contribution in [2.75, 3.05) is 20.2 Å². The van der Waals surface area contributed by atoms with Crippen LogP contribution in [0.2, 0.25) is 0 Å². The number of hydrogen-bond donors (Lipinski definition) is 1. The number of halogens is 1. The van der Waals surface area contributed by atoms with E-state index >= 15 is 0 Å². The number of hydrogen-bond acceptors (Lipinski definition) is 3. The predicted octanol–water partition coefficient (Wildman–Crippen LogP) is 3.16. The van der Waals surface area contributed by atoms with Gasteiger partial charge in [-0.2, -0.15) is 0 Å². The van der Waals surface area contributed by atoms with Gasteiger partial charge < -0.3 is 10.5 Å². The largest absolute Gasteiger partial charge is 0.497 e. The van der Waals surface area contributed by atoms with Gasteiger partial charge in [0.25, 0.3) is 0 Å². The molecule has 1 aliphatic rings. The highest BCUT2D eigenvalue weighted by Crippen LogP contribution is 2.28. The Hall–Kier alpha value is -0.580. The summed E-state index contributed by atoms with van der Waals surface area (Å²) in [6, 6.07) is 6.85. The lowest BCUT2D eigenvalue weighted by atomic mass is 10.1. The Balaban J connectivity index is 2.11. The quantitative estimate of drug-likeness (QED) is 0.872. The standard InChI is InChI=1S/C15H23BrN2O/c1-19-14-6-7-15(16)12(10-14)11-18(9-8-17)13-4-2-3-5-13/h6-7,10,13H,2-5,8-9,11,17H2,1H3. The minimum Gasteiger partial charge on any atom is -0.497 e. The smallest absolute Gasteiger partial charge is 0.119 e. The molecule has 1 fully saturated rings. The topological polar surface area (TPSA) is 38.5 Å². The average molecular weight is 327 g/mol. The second-order valence-electron chi connectivity index (χ2n) is 5.15. The van der Waals surface area contributed by atoms with E-state index in [1.165, 1.54) is 31.2 Å². The van der Waals surface area contributed by atoms with E-state index in [1.807, 2.05) is 6.07 Å². The van der Waals surface area contributed by atoms with Crippen molar-refractivity contribution >= 4 is 15.9 Å². The SMILES string of the molecule is COc1ccc(Br)c(CN(CCN)C2CCCC2)c1. The second kappa shape index (κ2) is 7.27. The number of benzene rings is 1. The summed E-state index contributed by atoms with van der Waals surface area (Å²) in [5.41, 5.74) is 7.04. The molecule has 3 nitrogen and oxygen atoms in total. The Bertz CT molecular complexity index is 405. The van der Waals surface area contributed by atoms with Crippen molar-refractivity contribution in [1.29, 1.82) is 0 Å². The number of nitrogens with zero attached hydrogens (tertiary/aromatic N) is 1. The van der Waals surface area contributed by atoms with Crippen LogP contribution in [-0.2, 0) is 6.54 Å². The normalized spacial score (nSPS) is 16.2. The number of ether oxygens (including phenoxy) is 1. The van der Waals surface area contributed by atoms with Crippen LogP contribution in [0, 0.1) is 0 Å². The summed E-state index contributed by atoms with van der Waals surface area (Å²) in [6.07, 6.45) is 5.32. The molecule has 0 aromatic heterocycles. The van der Waals surface area contributed by atoms with Crippen LogP contribution < -0.4 is 10.5 Å². The maximum absolute atomic E-state index is 5.77. The molecule has 0 unspecified atom stereocenters. The summed E-state index contributed by atoms with van der Waals surface area (Å²) in [5, 5.41) is 0. The summed E-state index contributed by atoms with van der Waals surface area (Å²) in [6.45, 7) is 2.63. The van der Waals surface area contributed by atoms with Crippen LogP contribution in [0.1, 0.15) is 31.2 Å². The van der Waals surface area contributed by atoms with Crippen molar-refractivity contribution < 1.29 is 4.74 Å². The molecule has 0 amide bonds.